The first-order valence-electron chi connectivity index (χ1n) is 5.32. The van der Waals surface area contributed by atoms with Crippen molar-refractivity contribution in [3.05, 3.63) is 33.9 Å². The predicted molar refractivity (Wildman–Crippen MR) is 65.3 cm³/mol. The molecule has 1 aromatic carbocycles. The lowest BCUT2D eigenvalue weighted by molar-refractivity contribution is -0.384. The number of nitrogens with two attached hydrogens (primary N) is 1. The molecule has 0 radical (unpaired) electrons. The first-order valence-corrected chi connectivity index (χ1v) is 5.32. The van der Waals surface area contributed by atoms with E-state index in [9.17, 15) is 10.1 Å². The Morgan fingerprint density at radius 1 is 1.38 bits per heavy atom. The molecule has 4 nitrogen and oxygen atoms in total. The van der Waals surface area contributed by atoms with Crippen molar-refractivity contribution in [3.63, 3.8) is 0 Å². The van der Waals surface area contributed by atoms with E-state index in [4.69, 9.17) is 5.73 Å². The molecule has 0 aliphatic carbocycles. The minimum Gasteiger partial charge on any atom is -0.398 e. The highest BCUT2D eigenvalue weighted by Crippen LogP contribution is 2.26. The summed E-state index contributed by atoms with van der Waals surface area (Å²) in [5.74, 6) is 0. The van der Waals surface area contributed by atoms with Gasteiger partial charge in [0.1, 0.15) is 0 Å². The molecule has 0 heterocycles. The van der Waals surface area contributed by atoms with E-state index in [0.29, 0.717) is 5.69 Å². The van der Waals surface area contributed by atoms with E-state index in [1.165, 1.54) is 12.1 Å². The number of nitrogens with zero attached hydrogens (tertiary/aromatic N) is 1. The van der Waals surface area contributed by atoms with Crippen molar-refractivity contribution in [2.75, 3.05) is 5.73 Å². The largest absolute Gasteiger partial charge is 0.398 e. The summed E-state index contributed by atoms with van der Waals surface area (Å²) in [4.78, 5) is 10.1. The molecule has 1 rings (SSSR count). The molecule has 4 heteroatoms. The van der Waals surface area contributed by atoms with E-state index in [1.807, 2.05) is 0 Å². The van der Waals surface area contributed by atoms with Gasteiger partial charge in [0.15, 0.2) is 0 Å². The van der Waals surface area contributed by atoms with Gasteiger partial charge in [-0.3, -0.25) is 10.1 Å². The van der Waals surface area contributed by atoms with Crippen LogP contribution in [-0.4, -0.2) is 4.92 Å². The van der Waals surface area contributed by atoms with Crippen LogP contribution in [0.2, 0.25) is 0 Å². The number of nitro groups is 1. The fourth-order valence-electron chi connectivity index (χ4n) is 1.43. The highest BCUT2D eigenvalue weighted by molar-refractivity contribution is 5.53. The third-order valence-corrected chi connectivity index (χ3v) is 2.48. The molecule has 16 heavy (non-hydrogen) atoms. The average molecular weight is 222 g/mol. The zero-order chi connectivity index (χ0) is 12.3. The summed E-state index contributed by atoms with van der Waals surface area (Å²) in [6.45, 7) is 6.48. The number of nitro benzene ring substituents is 1. The molecule has 0 amide bonds. The molecule has 1 aromatic rings. The van der Waals surface area contributed by atoms with Crippen LogP contribution in [0.15, 0.2) is 18.2 Å². The molecule has 0 aliphatic rings. The van der Waals surface area contributed by atoms with Crippen molar-refractivity contribution in [2.45, 2.75) is 33.6 Å². The molecule has 0 aromatic heterocycles. The molecule has 0 unspecified atom stereocenters. The standard InChI is InChI=1S/C12H18N2O2/c1-12(2,3)7-6-9-4-5-10(14(15)16)8-11(9)13/h4-5,8H,6-7,13H2,1-3H3. The van der Waals surface area contributed by atoms with Crippen molar-refractivity contribution >= 4 is 11.4 Å². The lowest BCUT2D eigenvalue weighted by Gasteiger charge is -2.18. The van der Waals surface area contributed by atoms with Crippen LogP contribution < -0.4 is 5.73 Å². The number of aryl methyl sites for hydroxylation is 1. The summed E-state index contributed by atoms with van der Waals surface area (Å²) in [5.41, 5.74) is 7.58. The van der Waals surface area contributed by atoms with E-state index in [1.54, 1.807) is 6.07 Å². The van der Waals surface area contributed by atoms with E-state index < -0.39 is 4.92 Å². The van der Waals surface area contributed by atoms with Gasteiger partial charge in [0.05, 0.1) is 4.92 Å². The second-order valence-corrected chi connectivity index (χ2v) is 5.20. The first-order chi connectivity index (χ1) is 7.29. The fraction of sp³-hybridized carbons (Fsp3) is 0.500. The van der Waals surface area contributed by atoms with Crippen molar-refractivity contribution in [1.29, 1.82) is 0 Å². The monoisotopic (exact) mass is 222 g/mol. The third kappa shape index (κ3) is 3.53. The van der Waals surface area contributed by atoms with E-state index in [-0.39, 0.29) is 11.1 Å². The minimum absolute atomic E-state index is 0.0528. The van der Waals surface area contributed by atoms with Crippen LogP contribution in [0.25, 0.3) is 0 Å². The van der Waals surface area contributed by atoms with Crippen LogP contribution in [0.3, 0.4) is 0 Å². The maximum Gasteiger partial charge on any atom is 0.271 e. The Morgan fingerprint density at radius 2 is 2.00 bits per heavy atom. The maximum absolute atomic E-state index is 10.5. The number of rotatable bonds is 3. The first kappa shape index (κ1) is 12.5. The normalized spacial score (nSPS) is 11.4. The van der Waals surface area contributed by atoms with Gasteiger partial charge >= 0.3 is 0 Å². The van der Waals surface area contributed by atoms with Crippen molar-refractivity contribution < 1.29 is 4.92 Å². The van der Waals surface area contributed by atoms with Gasteiger partial charge in [0.2, 0.25) is 0 Å². The number of hydrogen-bond acceptors (Lipinski definition) is 3. The Kier molecular flexibility index (Phi) is 3.52. The Morgan fingerprint density at radius 3 is 2.44 bits per heavy atom. The summed E-state index contributed by atoms with van der Waals surface area (Å²) in [7, 11) is 0. The number of non-ortho nitro benzene ring substituents is 1. The van der Waals surface area contributed by atoms with Crippen LogP contribution in [0.4, 0.5) is 11.4 Å². The highest BCUT2D eigenvalue weighted by atomic mass is 16.6. The molecule has 0 aliphatic heterocycles. The molecular formula is C12H18N2O2. The average Bonchev–Trinajstić information content (AvgIpc) is 2.14. The van der Waals surface area contributed by atoms with Gasteiger partial charge in [-0.2, -0.15) is 0 Å². The lowest BCUT2D eigenvalue weighted by atomic mass is 9.88. The molecule has 88 valence electrons. The molecule has 0 atom stereocenters. The smallest absolute Gasteiger partial charge is 0.271 e. The predicted octanol–water partition coefficient (Wildman–Crippen LogP) is 3.16. The molecule has 0 spiro atoms. The summed E-state index contributed by atoms with van der Waals surface area (Å²) in [6, 6.07) is 4.69. The summed E-state index contributed by atoms with van der Waals surface area (Å²) in [5, 5.41) is 10.5. The molecule has 0 saturated carbocycles. The number of anilines is 1. The second-order valence-electron chi connectivity index (χ2n) is 5.20. The Balaban J connectivity index is 2.80. The van der Waals surface area contributed by atoms with Gasteiger partial charge < -0.3 is 5.73 Å². The maximum atomic E-state index is 10.5. The van der Waals surface area contributed by atoms with Gasteiger partial charge in [-0.05, 0) is 23.8 Å². The van der Waals surface area contributed by atoms with Gasteiger partial charge in [0, 0.05) is 17.8 Å². The van der Waals surface area contributed by atoms with Crippen molar-refractivity contribution in [1.82, 2.24) is 0 Å². The second kappa shape index (κ2) is 4.51. The Bertz CT molecular complexity index is 394. The Labute approximate surface area is 95.6 Å². The molecule has 0 saturated heterocycles. The van der Waals surface area contributed by atoms with E-state index in [2.05, 4.69) is 20.8 Å². The SMILES string of the molecule is CC(C)(C)CCc1ccc([N+](=O)[O-])cc1N. The van der Waals surface area contributed by atoms with Crippen LogP contribution >= 0.6 is 0 Å². The van der Waals surface area contributed by atoms with E-state index >= 15 is 0 Å². The number of hydrogen-bond donors (Lipinski definition) is 1. The number of benzene rings is 1. The van der Waals surface area contributed by atoms with Crippen molar-refractivity contribution in [3.8, 4) is 0 Å². The van der Waals surface area contributed by atoms with Gasteiger partial charge in [-0.1, -0.05) is 26.8 Å². The van der Waals surface area contributed by atoms with Crippen LogP contribution in [0.1, 0.15) is 32.8 Å². The molecule has 0 fully saturated rings. The van der Waals surface area contributed by atoms with Gasteiger partial charge in [-0.15, -0.1) is 0 Å². The topological polar surface area (TPSA) is 69.2 Å². The Hall–Kier alpha value is -1.58. The van der Waals surface area contributed by atoms with Gasteiger partial charge in [0.25, 0.3) is 5.69 Å². The molecule has 2 N–H and O–H groups in total. The van der Waals surface area contributed by atoms with Crippen LogP contribution in [0, 0.1) is 15.5 Å². The summed E-state index contributed by atoms with van der Waals surface area (Å²) >= 11 is 0. The fourth-order valence-corrected chi connectivity index (χ4v) is 1.43. The zero-order valence-electron chi connectivity index (χ0n) is 9.99. The highest BCUT2D eigenvalue weighted by Gasteiger charge is 2.13. The lowest BCUT2D eigenvalue weighted by Crippen LogP contribution is -2.07. The summed E-state index contributed by atoms with van der Waals surface area (Å²) in [6.07, 6.45) is 1.86. The van der Waals surface area contributed by atoms with E-state index in [0.717, 1.165) is 18.4 Å². The van der Waals surface area contributed by atoms with Crippen LogP contribution in [0.5, 0.6) is 0 Å². The molecule has 0 bridgehead atoms. The zero-order valence-corrected chi connectivity index (χ0v) is 9.99. The van der Waals surface area contributed by atoms with Gasteiger partial charge in [-0.25, -0.2) is 0 Å². The van der Waals surface area contributed by atoms with Crippen molar-refractivity contribution in [2.24, 2.45) is 5.41 Å². The number of nitrogen functional groups attached to an aromatic ring is 1. The summed E-state index contributed by atoms with van der Waals surface area (Å²) < 4.78 is 0. The minimum atomic E-state index is -0.427. The third-order valence-electron chi connectivity index (χ3n) is 2.48. The quantitative estimate of drug-likeness (QED) is 0.485. The van der Waals surface area contributed by atoms with Crippen LogP contribution in [-0.2, 0) is 6.42 Å². The molecular weight excluding hydrogens is 204 g/mol.